The Kier molecular flexibility index (Phi) is 11.5. The van der Waals surface area contributed by atoms with E-state index in [0.717, 1.165) is 11.3 Å². The molecular formula is C19H30N2O8S. The summed E-state index contributed by atoms with van der Waals surface area (Å²) >= 11 is 0.948. The van der Waals surface area contributed by atoms with Crippen LogP contribution in [0.2, 0.25) is 0 Å². The zero-order valence-corrected chi connectivity index (χ0v) is 18.8. The van der Waals surface area contributed by atoms with Crippen LogP contribution in [0, 0.1) is 6.92 Å². The number of carbonyl (C=O) groups excluding carboxylic acids is 3. The van der Waals surface area contributed by atoms with Gasteiger partial charge in [-0.15, -0.1) is 11.3 Å². The topological polar surface area (TPSA) is 124 Å². The first-order valence-corrected chi connectivity index (χ1v) is 10.2. The monoisotopic (exact) mass is 446 g/mol. The normalized spacial score (nSPS) is 12.0. The molecule has 1 unspecified atom stereocenters. The third-order valence-corrected chi connectivity index (χ3v) is 5.07. The molecule has 0 aliphatic heterocycles. The second-order valence-corrected chi connectivity index (χ2v) is 7.48. The first-order chi connectivity index (χ1) is 14.2. The number of carbonyl (C=O) groups is 3. The van der Waals surface area contributed by atoms with Gasteiger partial charge in [-0.05, 0) is 26.5 Å². The number of esters is 2. The maximum Gasteiger partial charge on any atom is 0.348 e. The molecule has 170 valence electrons. The molecule has 0 saturated heterocycles. The standard InChI is InChI=1S/C19H30N2O8S/c1-6-28-18(24)15-12(2)16(19(25)29-8-7-26-4)30-17(15)20-14(23)10-21(3)9-13(22)11-27-5/h13,22H,6-11H2,1-5H3,(H,20,23). The van der Waals surface area contributed by atoms with Gasteiger partial charge in [0.05, 0.1) is 38.0 Å². The third kappa shape index (κ3) is 8.00. The minimum atomic E-state index is -0.736. The predicted octanol–water partition coefficient (Wildman–Crippen LogP) is 0.914. The number of thiophene rings is 1. The molecule has 0 radical (unpaired) electrons. The van der Waals surface area contributed by atoms with E-state index in [-0.39, 0.29) is 55.0 Å². The molecule has 1 heterocycles. The van der Waals surface area contributed by atoms with Crippen LogP contribution >= 0.6 is 11.3 Å². The van der Waals surface area contributed by atoms with Crippen molar-refractivity contribution >= 4 is 34.2 Å². The van der Waals surface area contributed by atoms with E-state index >= 15 is 0 Å². The van der Waals surface area contributed by atoms with Crippen molar-refractivity contribution in [2.24, 2.45) is 0 Å². The molecule has 0 fully saturated rings. The van der Waals surface area contributed by atoms with Crippen molar-refractivity contribution in [2.45, 2.75) is 20.0 Å². The number of likely N-dealkylation sites (N-methyl/N-ethyl adjacent to an activating group) is 1. The lowest BCUT2D eigenvalue weighted by Crippen LogP contribution is -2.37. The van der Waals surface area contributed by atoms with Crippen LogP contribution in [0.1, 0.15) is 32.5 Å². The number of nitrogens with one attached hydrogen (secondary N) is 1. The lowest BCUT2D eigenvalue weighted by atomic mass is 10.1. The van der Waals surface area contributed by atoms with E-state index in [9.17, 15) is 19.5 Å². The van der Waals surface area contributed by atoms with Gasteiger partial charge in [0.1, 0.15) is 16.5 Å². The lowest BCUT2D eigenvalue weighted by molar-refractivity contribution is -0.117. The highest BCUT2D eigenvalue weighted by molar-refractivity contribution is 7.18. The van der Waals surface area contributed by atoms with E-state index in [2.05, 4.69) is 5.32 Å². The fourth-order valence-corrected chi connectivity index (χ4v) is 3.71. The molecule has 1 rings (SSSR count). The summed E-state index contributed by atoms with van der Waals surface area (Å²) in [5.74, 6) is -1.66. The number of hydrogen-bond acceptors (Lipinski definition) is 10. The van der Waals surface area contributed by atoms with Gasteiger partial charge in [0.25, 0.3) is 0 Å². The van der Waals surface area contributed by atoms with Crippen molar-refractivity contribution in [3.05, 3.63) is 16.0 Å². The van der Waals surface area contributed by atoms with Crippen LogP contribution in [0.25, 0.3) is 0 Å². The summed E-state index contributed by atoms with van der Waals surface area (Å²) in [6, 6.07) is 0. The molecule has 1 aromatic rings. The summed E-state index contributed by atoms with van der Waals surface area (Å²) in [7, 11) is 4.63. The Balaban J connectivity index is 2.97. The zero-order chi connectivity index (χ0) is 22.7. The molecule has 2 N–H and O–H groups in total. The molecule has 0 aliphatic carbocycles. The number of ether oxygens (including phenoxy) is 4. The van der Waals surface area contributed by atoms with Crippen molar-refractivity contribution in [3.63, 3.8) is 0 Å². The second kappa shape index (κ2) is 13.3. The summed E-state index contributed by atoms with van der Waals surface area (Å²) in [6.45, 7) is 4.06. The van der Waals surface area contributed by atoms with E-state index < -0.39 is 23.9 Å². The Bertz CT molecular complexity index is 722. The Morgan fingerprint density at radius 1 is 1.13 bits per heavy atom. The number of anilines is 1. The summed E-state index contributed by atoms with van der Waals surface area (Å²) in [6.07, 6.45) is -0.736. The highest BCUT2D eigenvalue weighted by atomic mass is 32.1. The third-order valence-electron chi connectivity index (χ3n) is 3.88. The number of rotatable bonds is 13. The summed E-state index contributed by atoms with van der Waals surface area (Å²) in [5.41, 5.74) is 0.496. The fraction of sp³-hybridized carbons (Fsp3) is 0.632. The molecule has 0 bridgehead atoms. The van der Waals surface area contributed by atoms with Crippen molar-refractivity contribution in [1.82, 2.24) is 4.90 Å². The summed E-state index contributed by atoms with van der Waals surface area (Å²) < 4.78 is 19.9. The average Bonchev–Trinajstić information content (AvgIpc) is 2.97. The number of methoxy groups -OCH3 is 2. The molecule has 0 aliphatic rings. The Hall–Kier alpha value is -2.05. The van der Waals surface area contributed by atoms with Crippen LogP contribution in [-0.2, 0) is 23.7 Å². The van der Waals surface area contributed by atoms with Crippen LogP contribution in [0.15, 0.2) is 0 Å². The molecule has 11 heteroatoms. The van der Waals surface area contributed by atoms with Crippen molar-refractivity contribution in [1.29, 1.82) is 0 Å². The number of hydrogen-bond donors (Lipinski definition) is 2. The predicted molar refractivity (Wildman–Crippen MR) is 111 cm³/mol. The van der Waals surface area contributed by atoms with E-state index in [4.69, 9.17) is 18.9 Å². The number of nitrogens with zero attached hydrogens (tertiary/aromatic N) is 1. The van der Waals surface area contributed by atoms with Gasteiger partial charge in [-0.3, -0.25) is 9.69 Å². The quantitative estimate of drug-likeness (QED) is 0.336. The highest BCUT2D eigenvalue weighted by Crippen LogP contribution is 2.34. The first-order valence-electron chi connectivity index (χ1n) is 9.37. The van der Waals surface area contributed by atoms with Gasteiger partial charge in [-0.1, -0.05) is 0 Å². The molecule has 1 aromatic heterocycles. The Morgan fingerprint density at radius 3 is 2.43 bits per heavy atom. The van der Waals surface area contributed by atoms with Gasteiger partial charge < -0.3 is 29.4 Å². The zero-order valence-electron chi connectivity index (χ0n) is 18.0. The smallest absolute Gasteiger partial charge is 0.348 e. The minimum Gasteiger partial charge on any atom is -0.462 e. The maximum absolute atomic E-state index is 12.5. The maximum atomic E-state index is 12.5. The SMILES string of the molecule is CCOC(=O)c1c(NC(=O)CN(C)CC(O)COC)sc(C(=O)OCCOC)c1C. The van der Waals surface area contributed by atoms with E-state index in [0.29, 0.717) is 5.56 Å². The Labute approximate surface area is 180 Å². The second-order valence-electron chi connectivity index (χ2n) is 6.46. The molecule has 10 nitrogen and oxygen atoms in total. The first kappa shape index (κ1) is 26.0. The molecule has 1 atom stereocenters. The fourth-order valence-electron chi connectivity index (χ4n) is 2.61. The van der Waals surface area contributed by atoms with Gasteiger partial charge in [0.2, 0.25) is 5.91 Å². The molecular weight excluding hydrogens is 416 g/mol. The number of aliphatic hydroxyl groups is 1. The number of aliphatic hydroxyl groups excluding tert-OH is 1. The van der Waals surface area contributed by atoms with Crippen LogP contribution in [0.5, 0.6) is 0 Å². The van der Waals surface area contributed by atoms with Crippen LogP contribution in [-0.4, -0.2) is 94.7 Å². The van der Waals surface area contributed by atoms with Crippen LogP contribution in [0.3, 0.4) is 0 Å². The largest absolute Gasteiger partial charge is 0.462 e. The molecule has 30 heavy (non-hydrogen) atoms. The van der Waals surface area contributed by atoms with Gasteiger partial charge in [0.15, 0.2) is 0 Å². The molecule has 0 spiro atoms. The van der Waals surface area contributed by atoms with E-state index in [1.54, 1.807) is 25.8 Å². The van der Waals surface area contributed by atoms with Crippen LogP contribution < -0.4 is 5.32 Å². The van der Waals surface area contributed by atoms with Gasteiger partial charge in [-0.2, -0.15) is 0 Å². The molecule has 0 saturated carbocycles. The summed E-state index contributed by atoms with van der Waals surface area (Å²) in [4.78, 5) is 39.0. The van der Waals surface area contributed by atoms with Crippen molar-refractivity contribution in [2.75, 3.05) is 66.1 Å². The Morgan fingerprint density at radius 2 is 1.83 bits per heavy atom. The minimum absolute atomic E-state index is 0.0341. The van der Waals surface area contributed by atoms with Gasteiger partial charge in [-0.25, -0.2) is 9.59 Å². The van der Waals surface area contributed by atoms with Crippen molar-refractivity contribution in [3.8, 4) is 0 Å². The average molecular weight is 447 g/mol. The highest BCUT2D eigenvalue weighted by Gasteiger charge is 2.27. The summed E-state index contributed by atoms with van der Waals surface area (Å²) in [5, 5.41) is 12.6. The number of amides is 1. The van der Waals surface area contributed by atoms with Crippen LogP contribution in [0.4, 0.5) is 5.00 Å². The molecule has 1 amide bonds. The van der Waals surface area contributed by atoms with E-state index in [1.165, 1.54) is 14.2 Å². The van der Waals surface area contributed by atoms with Gasteiger partial charge in [0, 0.05) is 20.8 Å². The molecule has 0 aromatic carbocycles. The van der Waals surface area contributed by atoms with E-state index in [1.807, 2.05) is 0 Å². The van der Waals surface area contributed by atoms with Gasteiger partial charge >= 0.3 is 11.9 Å². The van der Waals surface area contributed by atoms with Crippen molar-refractivity contribution < 1.29 is 38.4 Å². The lowest BCUT2D eigenvalue weighted by Gasteiger charge is -2.19.